The van der Waals surface area contributed by atoms with E-state index in [-0.39, 0.29) is 12.6 Å². The Morgan fingerprint density at radius 3 is 2.83 bits per heavy atom. The second-order valence-electron chi connectivity index (χ2n) is 4.55. The predicted octanol–water partition coefficient (Wildman–Crippen LogP) is 1.46. The summed E-state index contributed by atoms with van der Waals surface area (Å²) < 4.78 is 5.10. The number of amides is 1. The first-order valence-electron chi connectivity index (χ1n) is 6.17. The first kappa shape index (κ1) is 14.7. The van der Waals surface area contributed by atoms with Gasteiger partial charge in [-0.15, -0.1) is 0 Å². The molecule has 0 fully saturated rings. The lowest BCUT2D eigenvalue weighted by Gasteiger charge is -2.17. The molecule has 0 spiro atoms. The number of carbonyl (C=O) groups is 1. The van der Waals surface area contributed by atoms with E-state index in [2.05, 4.69) is 44.3 Å². The van der Waals surface area contributed by atoms with Gasteiger partial charge in [0.05, 0.1) is 6.61 Å². The van der Waals surface area contributed by atoms with Crippen molar-refractivity contribution in [3.05, 3.63) is 34.9 Å². The van der Waals surface area contributed by atoms with Crippen molar-refractivity contribution in [2.75, 3.05) is 19.8 Å². The first-order valence-corrected chi connectivity index (χ1v) is 6.17. The van der Waals surface area contributed by atoms with Gasteiger partial charge in [0.15, 0.2) is 0 Å². The molecule has 18 heavy (non-hydrogen) atoms. The number of hydrogen-bond donors (Lipinski definition) is 2. The number of aryl methyl sites for hydroxylation is 2. The zero-order chi connectivity index (χ0) is 13.5. The molecule has 3 N–H and O–H groups in total. The Balaban J connectivity index is 2.38. The Bertz CT molecular complexity index is 405. The first-order chi connectivity index (χ1) is 8.50. The van der Waals surface area contributed by atoms with Crippen molar-refractivity contribution in [3.8, 4) is 0 Å². The molecular weight excluding hydrogens is 228 g/mol. The molecule has 0 saturated heterocycles. The third kappa shape index (κ3) is 4.85. The van der Waals surface area contributed by atoms with Gasteiger partial charge >= 0.3 is 0 Å². The largest absolute Gasteiger partial charge is 0.370 e. The van der Waals surface area contributed by atoms with Crippen molar-refractivity contribution in [2.24, 2.45) is 5.73 Å². The summed E-state index contributed by atoms with van der Waals surface area (Å²) in [6.07, 6.45) is 0. The quantitative estimate of drug-likeness (QED) is 0.720. The summed E-state index contributed by atoms with van der Waals surface area (Å²) in [4.78, 5) is 10.5. The van der Waals surface area contributed by atoms with Crippen LogP contribution in [0.15, 0.2) is 18.2 Å². The lowest BCUT2D eigenvalue weighted by atomic mass is 10.00. The van der Waals surface area contributed by atoms with Gasteiger partial charge in [0, 0.05) is 12.6 Å². The summed E-state index contributed by atoms with van der Waals surface area (Å²) in [5.74, 6) is -0.433. The fourth-order valence-electron chi connectivity index (χ4n) is 1.86. The molecule has 0 aromatic heterocycles. The van der Waals surface area contributed by atoms with Crippen LogP contribution in [0.1, 0.15) is 29.7 Å². The summed E-state index contributed by atoms with van der Waals surface area (Å²) in [7, 11) is 0. The number of rotatable bonds is 7. The third-order valence-corrected chi connectivity index (χ3v) is 2.84. The SMILES string of the molecule is Cc1ccc(C)c(C(C)NCCOCC(N)=O)c1. The molecule has 1 aromatic rings. The molecule has 4 heteroatoms. The van der Waals surface area contributed by atoms with Crippen molar-refractivity contribution in [1.82, 2.24) is 5.32 Å². The molecule has 100 valence electrons. The Morgan fingerprint density at radius 1 is 1.44 bits per heavy atom. The highest BCUT2D eigenvalue weighted by molar-refractivity contribution is 5.74. The molecule has 1 aromatic carbocycles. The summed E-state index contributed by atoms with van der Waals surface area (Å²) in [5.41, 5.74) is 8.81. The van der Waals surface area contributed by atoms with E-state index in [1.54, 1.807) is 0 Å². The number of benzene rings is 1. The third-order valence-electron chi connectivity index (χ3n) is 2.84. The molecule has 1 atom stereocenters. The molecule has 0 aliphatic heterocycles. The van der Waals surface area contributed by atoms with Crippen LogP contribution in [0.5, 0.6) is 0 Å². The number of nitrogens with one attached hydrogen (secondary N) is 1. The van der Waals surface area contributed by atoms with Crippen molar-refractivity contribution in [2.45, 2.75) is 26.8 Å². The highest BCUT2D eigenvalue weighted by atomic mass is 16.5. The normalized spacial score (nSPS) is 12.4. The smallest absolute Gasteiger partial charge is 0.243 e. The summed E-state index contributed by atoms with van der Waals surface area (Å²) in [6.45, 7) is 7.48. The number of hydrogen-bond acceptors (Lipinski definition) is 3. The van der Waals surface area contributed by atoms with Crippen molar-refractivity contribution >= 4 is 5.91 Å². The highest BCUT2D eigenvalue weighted by Gasteiger charge is 2.07. The minimum atomic E-state index is -0.433. The fourth-order valence-corrected chi connectivity index (χ4v) is 1.86. The van der Waals surface area contributed by atoms with Crippen LogP contribution in [0.4, 0.5) is 0 Å². The van der Waals surface area contributed by atoms with Crippen LogP contribution < -0.4 is 11.1 Å². The Kier molecular flexibility index (Phi) is 5.82. The predicted molar refractivity (Wildman–Crippen MR) is 72.3 cm³/mol. The molecule has 0 aliphatic rings. The maximum absolute atomic E-state index is 10.5. The van der Waals surface area contributed by atoms with Crippen LogP contribution in [-0.2, 0) is 9.53 Å². The number of primary amides is 1. The van der Waals surface area contributed by atoms with Gasteiger partial charge in [-0.1, -0.05) is 23.8 Å². The number of nitrogens with two attached hydrogens (primary N) is 1. The lowest BCUT2D eigenvalue weighted by molar-refractivity contribution is -0.122. The van der Waals surface area contributed by atoms with E-state index in [0.717, 1.165) is 0 Å². The lowest BCUT2D eigenvalue weighted by Crippen LogP contribution is -2.26. The molecule has 0 bridgehead atoms. The van der Waals surface area contributed by atoms with Crippen LogP contribution in [0, 0.1) is 13.8 Å². The number of carbonyl (C=O) groups excluding carboxylic acids is 1. The van der Waals surface area contributed by atoms with Crippen LogP contribution in [0.2, 0.25) is 0 Å². The fraction of sp³-hybridized carbons (Fsp3) is 0.500. The average Bonchev–Trinajstić information content (AvgIpc) is 2.31. The Labute approximate surface area is 109 Å². The second-order valence-corrected chi connectivity index (χ2v) is 4.55. The van der Waals surface area contributed by atoms with Gasteiger partial charge in [0.1, 0.15) is 6.61 Å². The van der Waals surface area contributed by atoms with Crippen LogP contribution in [0.3, 0.4) is 0 Å². The van der Waals surface area contributed by atoms with E-state index < -0.39 is 5.91 Å². The molecule has 1 unspecified atom stereocenters. The molecule has 0 heterocycles. The zero-order valence-corrected chi connectivity index (χ0v) is 11.3. The van der Waals surface area contributed by atoms with Crippen molar-refractivity contribution < 1.29 is 9.53 Å². The maximum atomic E-state index is 10.5. The van der Waals surface area contributed by atoms with Crippen LogP contribution in [0.25, 0.3) is 0 Å². The molecule has 0 saturated carbocycles. The minimum absolute atomic E-state index is 0.0144. The molecule has 0 aliphatic carbocycles. The topological polar surface area (TPSA) is 64.3 Å². The summed E-state index contributed by atoms with van der Waals surface area (Å²) in [6, 6.07) is 6.70. The van der Waals surface area contributed by atoms with Crippen LogP contribution in [-0.4, -0.2) is 25.7 Å². The minimum Gasteiger partial charge on any atom is -0.370 e. The van der Waals surface area contributed by atoms with Crippen LogP contribution >= 0.6 is 0 Å². The highest BCUT2D eigenvalue weighted by Crippen LogP contribution is 2.18. The zero-order valence-electron chi connectivity index (χ0n) is 11.3. The monoisotopic (exact) mass is 250 g/mol. The molecule has 4 nitrogen and oxygen atoms in total. The van der Waals surface area contributed by atoms with Gasteiger partial charge in [-0.2, -0.15) is 0 Å². The van der Waals surface area contributed by atoms with Gasteiger partial charge in [-0.3, -0.25) is 4.79 Å². The van der Waals surface area contributed by atoms with Gasteiger partial charge < -0.3 is 15.8 Å². The van der Waals surface area contributed by atoms with Crippen molar-refractivity contribution in [3.63, 3.8) is 0 Å². The second kappa shape index (κ2) is 7.13. The Morgan fingerprint density at radius 2 is 2.17 bits per heavy atom. The van der Waals surface area contributed by atoms with E-state index in [1.165, 1.54) is 16.7 Å². The molecule has 1 rings (SSSR count). The standard InChI is InChI=1S/C14H22N2O2/c1-10-4-5-11(2)13(8-10)12(3)16-6-7-18-9-14(15)17/h4-5,8,12,16H,6-7,9H2,1-3H3,(H2,15,17). The Hall–Kier alpha value is -1.39. The maximum Gasteiger partial charge on any atom is 0.243 e. The molecule has 1 amide bonds. The van der Waals surface area contributed by atoms with E-state index >= 15 is 0 Å². The number of ether oxygens (including phenoxy) is 1. The van der Waals surface area contributed by atoms with Gasteiger partial charge in [0.2, 0.25) is 5.91 Å². The van der Waals surface area contributed by atoms with Crippen molar-refractivity contribution in [1.29, 1.82) is 0 Å². The van der Waals surface area contributed by atoms with E-state index in [9.17, 15) is 4.79 Å². The summed E-state index contributed by atoms with van der Waals surface area (Å²) in [5, 5.41) is 3.36. The summed E-state index contributed by atoms with van der Waals surface area (Å²) >= 11 is 0. The molecular formula is C14H22N2O2. The van der Waals surface area contributed by atoms with E-state index in [0.29, 0.717) is 13.2 Å². The van der Waals surface area contributed by atoms with E-state index in [4.69, 9.17) is 10.5 Å². The average molecular weight is 250 g/mol. The van der Waals surface area contributed by atoms with Gasteiger partial charge in [-0.05, 0) is 31.9 Å². The molecule has 0 radical (unpaired) electrons. The van der Waals surface area contributed by atoms with E-state index in [1.807, 2.05) is 0 Å². The van der Waals surface area contributed by atoms with Gasteiger partial charge in [-0.25, -0.2) is 0 Å². The van der Waals surface area contributed by atoms with Gasteiger partial charge in [0.25, 0.3) is 0 Å².